The Balaban J connectivity index is 2.23. The van der Waals surface area contributed by atoms with Gasteiger partial charge in [0.2, 0.25) is 0 Å². The molecule has 0 spiro atoms. The lowest BCUT2D eigenvalue weighted by Gasteiger charge is -2.25. The van der Waals surface area contributed by atoms with Gasteiger partial charge in [-0.05, 0) is 43.2 Å². The summed E-state index contributed by atoms with van der Waals surface area (Å²) in [5.74, 6) is -1.16. The van der Waals surface area contributed by atoms with Crippen molar-refractivity contribution in [1.82, 2.24) is 4.90 Å². The van der Waals surface area contributed by atoms with Gasteiger partial charge < -0.3 is 24.6 Å². The number of para-hydroxylation sites is 1. The second-order valence-electron chi connectivity index (χ2n) is 6.85. The van der Waals surface area contributed by atoms with E-state index in [1.165, 1.54) is 18.1 Å². The van der Waals surface area contributed by atoms with Gasteiger partial charge >= 0.3 is 0 Å². The van der Waals surface area contributed by atoms with Gasteiger partial charge in [-0.15, -0.1) is 0 Å². The number of hydrogen-bond donors (Lipinski definition) is 2. The Kier molecular flexibility index (Phi) is 6.30. The van der Waals surface area contributed by atoms with Gasteiger partial charge in [0.15, 0.2) is 11.5 Å². The summed E-state index contributed by atoms with van der Waals surface area (Å²) in [6, 6.07) is 10.6. The number of ether oxygens (including phenoxy) is 2. The predicted octanol–water partition coefficient (Wildman–Crippen LogP) is 3.63. The largest absolute Gasteiger partial charge is 0.507 e. The van der Waals surface area contributed by atoms with Gasteiger partial charge in [-0.1, -0.05) is 25.1 Å². The summed E-state index contributed by atoms with van der Waals surface area (Å²) in [5, 5.41) is 21.1. The molecule has 1 aliphatic rings. The highest BCUT2D eigenvalue weighted by Gasteiger charge is 2.46. The van der Waals surface area contributed by atoms with Crippen molar-refractivity contribution in [1.29, 1.82) is 0 Å². The van der Waals surface area contributed by atoms with E-state index < -0.39 is 17.7 Å². The molecule has 1 amide bonds. The maximum absolute atomic E-state index is 12.9. The van der Waals surface area contributed by atoms with Crippen LogP contribution in [0, 0.1) is 0 Å². The third kappa shape index (κ3) is 3.70. The molecule has 3 rings (SSSR count). The van der Waals surface area contributed by atoms with E-state index in [0.29, 0.717) is 36.4 Å². The Bertz CT molecular complexity index is 997. The van der Waals surface area contributed by atoms with Crippen molar-refractivity contribution in [2.75, 3.05) is 20.3 Å². The van der Waals surface area contributed by atoms with Crippen molar-refractivity contribution in [3.05, 3.63) is 59.2 Å². The molecule has 0 saturated carbocycles. The number of carbonyl (C=O) groups is 2. The Morgan fingerprint density at radius 3 is 2.50 bits per heavy atom. The number of carbonyl (C=O) groups excluding carboxylic acids is 2. The monoisotopic (exact) mass is 411 g/mol. The summed E-state index contributed by atoms with van der Waals surface area (Å²) in [4.78, 5) is 27.1. The van der Waals surface area contributed by atoms with Crippen LogP contribution in [0.5, 0.6) is 17.2 Å². The van der Waals surface area contributed by atoms with Crippen LogP contribution in [0.1, 0.15) is 37.4 Å². The van der Waals surface area contributed by atoms with Crippen LogP contribution in [0.4, 0.5) is 0 Å². The van der Waals surface area contributed by atoms with Crippen LogP contribution >= 0.6 is 0 Å². The van der Waals surface area contributed by atoms with E-state index in [9.17, 15) is 19.8 Å². The molecule has 1 unspecified atom stereocenters. The standard InChI is InChI=1S/C23H25NO6/c1-4-12-24-20(14-10-11-16(25)18(13-14)30-5-2)19(22(27)23(24)28)21(26)15-8-6-7-9-17(15)29-3/h6-11,13,20,25-26H,4-5,12H2,1-3H3/b21-19-. The highest BCUT2D eigenvalue weighted by atomic mass is 16.5. The van der Waals surface area contributed by atoms with Crippen molar-refractivity contribution in [2.45, 2.75) is 26.3 Å². The lowest BCUT2D eigenvalue weighted by molar-refractivity contribution is -0.139. The zero-order chi connectivity index (χ0) is 21.8. The smallest absolute Gasteiger partial charge is 0.295 e. The third-order valence-corrected chi connectivity index (χ3v) is 4.97. The van der Waals surface area contributed by atoms with Crippen LogP contribution < -0.4 is 9.47 Å². The van der Waals surface area contributed by atoms with E-state index in [1.807, 2.05) is 6.92 Å². The first-order valence-electron chi connectivity index (χ1n) is 9.82. The molecule has 158 valence electrons. The SMILES string of the molecule is CCCN1C(=O)C(=O)/C(=C(\O)c2ccccc2OC)C1c1ccc(O)c(OCC)c1. The molecule has 0 aromatic heterocycles. The number of amides is 1. The number of Topliss-reactive ketones (excluding diaryl/α,β-unsaturated/α-hetero) is 1. The Morgan fingerprint density at radius 2 is 1.83 bits per heavy atom. The van der Waals surface area contributed by atoms with Gasteiger partial charge in [0.25, 0.3) is 11.7 Å². The summed E-state index contributed by atoms with van der Waals surface area (Å²) >= 11 is 0. The number of phenolic OH excluding ortho intramolecular Hbond substituents is 1. The first-order chi connectivity index (χ1) is 14.4. The van der Waals surface area contributed by atoms with E-state index in [-0.39, 0.29) is 22.8 Å². The zero-order valence-electron chi connectivity index (χ0n) is 17.2. The molecule has 1 saturated heterocycles. The molecule has 1 heterocycles. The van der Waals surface area contributed by atoms with Crippen LogP contribution in [0.15, 0.2) is 48.0 Å². The number of likely N-dealkylation sites (tertiary alicyclic amines) is 1. The van der Waals surface area contributed by atoms with Crippen molar-refractivity contribution in [3.8, 4) is 17.2 Å². The molecule has 1 atom stereocenters. The summed E-state index contributed by atoms with van der Waals surface area (Å²) in [5.41, 5.74) is 0.856. The molecule has 2 aromatic carbocycles. The molecule has 30 heavy (non-hydrogen) atoms. The maximum atomic E-state index is 12.9. The van der Waals surface area contributed by atoms with Crippen molar-refractivity contribution >= 4 is 17.4 Å². The first kappa shape index (κ1) is 21.2. The van der Waals surface area contributed by atoms with Crippen LogP contribution in [-0.2, 0) is 9.59 Å². The Morgan fingerprint density at radius 1 is 1.10 bits per heavy atom. The number of rotatable bonds is 7. The molecule has 1 aliphatic heterocycles. The highest BCUT2D eigenvalue weighted by molar-refractivity contribution is 6.46. The van der Waals surface area contributed by atoms with E-state index in [1.54, 1.807) is 43.3 Å². The molecule has 7 nitrogen and oxygen atoms in total. The molecule has 0 radical (unpaired) electrons. The number of ketones is 1. The van der Waals surface area contributed by atoms with Crippen LogP contribution in [0.3, 0.4) is 0 Å². The Labute approximate surface area is 175 Å². The average molecular weight is 411 g/mol. The fraction of sp³-hybridized carbons (Fsp3) is 0.304. The molecule has 0 aliphatic carbocycles. The average Bonchev–Trinajstić information content (AvgIpc) is 3.00. The predicted molar refractivity (Wildman–Crippen MR) is 112 cm³/mol. The van der Waals surface area contributed by atoms with E-state index in [0.717, 1.165) is 0 Å². The lowest BCUT2D eigenvalue weighted by atomic mass is 9.94. The second-order valence-corrected chi connectivity index (χ2v) is 6.85. The van der Waals surface area contributed by atoms with E-state index >= 15 is 0 Å². The summed E-state index contributed by atoms with van der Waals surface area (Å²) < 4.78 is 10.8. The van der Waals surface area contributed by atoms with Gasteiger partial charge in [-0.3, -0.25) is 9.59 Å². The van der Waals surface area contributed by atoms with Gasteiger partial charge in [-0.25, -0.2) is 0 Å². The molecule has 2 N–H and O–H groups in total. The number of aromatic hydroxyl groups is 1. The molecule has 2 aromatic rings. The highest BCUT2D eigenvalue weighted by Crippen LogP contribution is 2.42. The summed E-state index contributed by atoms with van der Waals surface area (Å²) in [6.07, 6.45) is 0.634. The van der Waals surface area contributed by atoms with E-state index in [4.69, 9.17) is 9.47 Å². The van der Waals surface area contributed by atoms with E-state index in [2.05, 4.69) is 0 Å². The van der Waals surface area contributed by atoms with Crippen LogP contribution in [0.2, 0.25) is 0 Å². The Hall–Kier alpha value is -3.48. The van der Waals surface area contributed by atoms with Crippen LogP contribution in [-0.4, -0.2) is 47.1 Å². The molecule has 7 heteroatoms. The topological polar surface area (TPSA) is 96.3 Å². The number of aliphatic hydroxyl groups is 1. The summed E-state index contributed by atoms with van der Waals surface area (Å²) in [7, 11) is 1.47. The zero-order valence-corrected chi connectivity index (χ0v) is 17.2. The molecule has 1 fully saturated rings. The van der Waals surface area contributed by atoms with Gasteiger partial charge in [-0.2, -0.15) is 0 Å². The minimum absolute atomic E-state index is 0.0221. The lowest BCUT2D eigenvalue weighted by Crippen LogP contribution is -2.30. The van der Waals surface area contributed by atoms with Crippen LogP contribution in [0.25, 0.3) is 5.76 Å². The minimum atomic E-state index is -0.810. The number of benzene rings is 2. The number of methoxy groups -OCH3 is 1. The quantitative estimate of drug-likeness (QED) is 0.410. The molecule has 0 bridgehead atoms. The minimum Gasteiger partial charge on any atom is -0.507 e. The second kappa shape index (κ2) is 8.90. The van der Waals surface area contributed by atoms with Crippen molar-refractivity contribution < 1.29 is 29.3 Å². The number of nitrogens with zero attached hydrogens (tertiary/aromatic N) is 1. The first-order valence-corrected chi connectivity index (χ1v) is 9.82. The van der Waals surface area contributed by atoms with Crippen molar-refractivity contribution in [2.24, 2.45) is 0 Å². The van der Waals surface area contributed by atoms with Gasteiger partial charge in [0.1, 0.15) is 11.5 Å². The number of phenols is 1. The fourth-order valence-electron chi connectivity index (χ4n) is 3.66. The normalized spacial score (nSPS) is 18.0. The van der Waals surface area contributed by atoms with Gasteiger partial charge in [0, 0.05) is 6.54 Å². The van der Waals surface area contributed by atoms with Crippen molar-refractivity contribution in [3.63, 3.8) is 0 Å². The van der Waals surface area contributed by atoms with Gasteiger partial charge in [0.05, 0.1) is 30.9 Å². The fourth-order valence-corrected chi connectivity index (χ4v) is 3.66. The molecular formula is C23H25NO6. The summed E-state index contributed by atoms with van der Waals surface area (Å²) in [6.45, 7) is 4.37. The number of aliphatic hydroxyl groups excluding tert-OH is 1. The number of hydrogen-bond acceptors (Lipinski definition) is 6. The third-order valence-electron chi connectivity index (χ3n) is 4.97. The molecular weight excluding hydrogens is 386 g/mol. The maximum Gasteiger partial charge on any atom is 0.295 e.